The summed E-state index contributed by atoms with van der Waals surface area (Å²) in [7, 11) is 0. The number of hydrogen-bond acceptors (Lipinski definition) is 3. The zero-order valence-electron chi connectivity index (χ0n) is 18.6. The summed E-state index contributed by atoms with van der Waals surface area (Å²) in [5.41, 5.74) is 0.0451. The van der Waals surface area contributed by atoms with Crippen LogP contribution in [0.2, 0.25) is 0 Å². The van der Waals surface area contributed by atoms with Gasteiger partial charge in [-0.2, -0.15) is 0 Å². The lowest BCUT2D eigenvalue weighted by atomic mass is 9.69. The molecule has 0 N–H and O–H groups in total. The number of hydrogen-bond donors (Lipinski definition) is 0. The van der Waals surface area contributed by atoms with Crippen LogP contribution in [0, 0.1) is 15.0 Å². The second-order valence-electron chi connectivity index (χ2n) is 9.20. The summed E-state index contributed by atoms with van der Waals surface area (Å²) in [4.78, 5) is 4.36. The van der Waals surface area contributed by atoms with Gasteiger partial charge in [0.15, 0.2) is 5.75 Å². The predicted molar refractivity (Wildman–Crippen MR) is 131 cm³/mol. The lowest BCUT2D eigenvalue weighted by Crippen LogP contribution is -2.43. The number of rotatable bonds is 13. The van der Waals surface area contributed by atoms with Crippen LogP contribution >= 0.6 is 38.5 Å². The van der Waals surface area contributed by atoms with Crippen LogP contribution in [-0.2, 0) is 4.74 Å². The van der Waals surface area contributed by atoms with Gasteiger partial charge in [-0.15, -0.1) is 0 Å². The summed E-state index contributed by atoms with van der Waals surface area (Å²) in [5, 5.41) is 0. The van der Waals surface area contributed by atoms with E-state index in [0.717, 1.165) is 14.1 Å². The fraction of sp³-hybridized carbons (Fsp3) is 0.783. The molecule has 1 aromatic heterocycles. The van der Waals surface area contributed by atoms with Gasteiger partial charge in [-0.1, -0.05) is 66.2 Å². The van der Waals surface area contributed by atoms with Gasteiger partial charge in [0.1, 0.15) is 14.9 Å². The van der Waals surface area contributed by atoms with Gasteiger partial charge in [-0.25, -0.2) is 4.98 Å². The fourth-order valence-corrected chi connectivity index (χ4v) is 5.21. The Kier molecular flexibility index (Phi) is 11.9. The number of unbranched alkanes of at least 4 members (excludes halogenated alkanes) is 5. The highest BCUT2D eigenvalue weighted by Gasteiger charge is 2.38. The van der Waals surface area contributed by atoms with Crippen LogP contribution in [0.1, 0.15) is 86.5 Å². The fourth-order valence-electron chi connectivity index (χ4n) is 4.02. The van der Waals surface area contributed by atoms with Crippen molar-refractivity contribution >= 4 is 38.5 Å². The highest BCUT2D eigenvalue weighted by Crippen LogP contribution is 2.40. The molecule has 1 atom stereocenters. The van der Waals surface area contributed by atoms with E-state index in [-0.39, 0.29) is 11.0 Å². The molecule has 0 spiro atoms. The molecule has 0 aromatic carbocycles. The number of aromatic nitrogens is 1. The second-order valence-corrected chi connectivity index (χ2v) is 11.1. The molecule has 1 aromatic rings. The van der Waals surface area contributed by atoms with E-state index in [1.165, 1.54) is 44.9 Å². The first-order chi connectivity index (χ1) is 13.1. The van der Waals surface area contributed by atoms with Crippen molar-refractivity contribution in [2.75, 3.05) is 13.2 Å². The molecule has 0 amide bonds. The molecule has 0 aliphatic heterocycles. The molecule has 0 bridgehead atoms. The van der Waals surface area contributed by atoms with Gasteiger partial charge in [0.05, 0.1) is 12.2 Å². The van der Waals surface area contributed by atoms with Crippen LogP contribution in [0.4, 0.5) is 0 Å². The first-order valence-electron chi connectivity index (χ1n) is 10.7. The second kappa shape index (κ2) is 12.7. The molecule has 0 aliphatic rings. The topological polar surface area (TPSA) is 31.4 Å². The zero-order chi connectivity index (χ0) is 21.2. The lowest BCUT2D eigenvalue weighted by Gasteiger charge is -2.43. The number of pyridine rings is 1. The van der Waals surface area contributed by atoms with Gasteiger partial charge < -0.3 is 9.47 Å². The number of halogens is 2. The van der Waals surface area contributed by atoms with Gasteiger partial charge in [0.2, 0.25) is 0 Å². The average molecular weight is 568 g/mol. The minimum absolute atomic E-state index is 0.174. The highest BCUT2D eigenvalue weighted by atomic mass is 127. The van der Waals surface area contributed by atoms with Gasteiger partial charge in [0, 0.05) is 0 Å². The molecular weight excluding hydrogens is 529 g/mol. The molecule has 3 nitrogen and oxygen atoms in total. The van der Waals surface area contributed by atoms with E-state index in [2.05, 4.69) is 85.0 Å². The minimum atomic E-state index is -0.174. The maximum Gasteiger partial charge on any atom is 0.152 e. The van der Waals surface area contributed by atoms with Gasteiger partial charge >= 0.3 is 0 Å². The number of nitrogens with zero attached hydrogens (tertiary/aromatic N) is 1. The molecule has 0 radical (unpaired) electrons. The quantitative estimate of drug-likeness (QED) is 0.137. The monoisotopic (exact) mass is 567 g/mol. The van der Waals surface area contributed by atoms with Gasteiger partial charge in [0.25, 0.3) is 0 Å². The summed E-state index contributed by atoms with van der Waals surface area (Å²) in [6.07, 6.45) is 9.24. The molecule has 162 valence electrons. The van der Waals surface area contributed by atoms with E-state index in [4.69, 9.17) is 9.47 Å². The first-order valence-corrected chi connectivity index (χ1v) is 12.5. The average Bonchev–Trinajstić information content (AvgIpc) is 2.58. The van der Waals surface area contributed by atoms with Crippen molar-refractivity contribution in [1.29, 1.82) is 0 Å². The summed E-state index contributed by atoms with van der Waals surface area (Å²) < 4.78 is 13.9. The molecule has 1 heterocycles. The van der Waals surface area contributed by atoms with Gasteiger partial charge in [-0.05, 0) is 82.3 Å². The van der Waals surface area contributed by atoms with Gasteiger partial charge in [-0.3, -0.25) is 0 Å². The summed E-state index contributed by atoms with van der Waals surface area (Å²) in [6, 6.07) is 3.89. The van der Waals surface area contributed by atoms with E-state index in [0.29, 0.717) is 19.1 Å². The van der Waals surface area contributed by atoms with E-state index in [1.807, 2.05) is 12.1 Å². The molecule has 0 saturated heterocycles. The Bertz CT molecular complexity index is 572. The van der Waals surface area contributed by atoms with Crippen molar-refractivity contribution in [3.63, 3.8) is 0 Å². The molecule has 0 aliphatic carbocycles. The van der Waals surface area contributed by atoms with E-state index in [1.54, 1.807) is 0 Å². The Balaban J connectivity index is 2.49. The summed E-state index contributed by atoms with van der Waals surface area (Å²) in [6.45, 7) is 14.9. The lowest BCUT2D eigenvalue weighted by molar-refractivity contribution is -0.101. The van der Waals surface area contributed by atoms with Crippen LogP contribution in [0.15, 0.2) is 16.7 Å². The van der Waals surface area contributed by atoms with E-state index in [9.17, 15) is 0 Å². The van der Waals surface area contributed by atoms with E-state index >= 15 is 0 Å². The highest BCUT2D eigenvalue weighted by molar-refractivity contribution is 14.1. The van der Waals surface area contributed by atoms with Crippen LogP contribution in [-0.4, -0.2) is 23.8 Å². The Morgan fingerprint density at radius 1 is 1.00 bits per heavy atom. The SMILES string of the molecule is CCCCCCCCC(C(C)(C)C)C(C)(C)OCCOc1ccc(I)nc1Br. The molecule has 0 saturated carbocycles. The Morgan fingerprint density at radius 2 is 1.64 bits per heavy atom. The van der Waals surface area contributed by atoms with Crippen LogP contribution < -0.4 is 4.74 Å². The minimum Gasteiger partial charge on any atom is -0.488 e. The third-order valence-corrected chi connectivity index (χ3v) is 6.50. The van der Waals surface area contributed by atoms with Crippen LogP contribution in [0.25, 0.3) is 0 Å². The van der Waals surface area contributed by atoms with Crippen molar-refractivity contribution < 1.29 is 9.47 Å². The normalized spacial score (nSPS) is 13.6. The largest absolute Gasteiger partial charge is 0.488 e. The third kappa shape index (κ3) is 9.75. The molecular formula is C23H39BrINO2. The summed E-state index contributed by atoms with van der Waals surface area (Å²) in [5.74, 6) is 1.28. The smallest absolute Gasteiger partial charge is 0.152 e. The molecule has 0 fully saturated rings. The Morgan fingerprint density at radius 3 is 2.25 bits per heavy atom. The maximum absolute atomic E-state index is 6.34. The first kappa shape index (κ1) is 26.2. The molecule has 1 rings (SSSR count). The molecule has 28 heavy (non-hydrogen) atoms. The van der Waals surface area contributed by atoms with Crippen LogP contribution in [0.3, 0.4) is 0 Å². The van der Waals surface area contributed by atoms with Crippen LogP contribution in [0.5, 0.6) is 5.75 Å². The standard InChI is InChI=1S/C23H39BrINO2/c1-7-8-9-10-11-12-13-19(22(2,3)4)23(5,6)28-17-16-27-18-14-15-20(25)26-21(18)24/h14-15,19H,7-13,16-17H2,1-6H3. The van der Waals surface area contributed by atoms with Crippen molar-refractivity contribution in [2.45, 2.75) is 92.1 Å². The zero-order valence-corrected chi connectivity index (χ0v) is 22.4. The van der Waals surface area contributed by atoms with Crippen molar-refractivity contribution in [3.05, 3.63) is 20.4 Å². The van der Waals surface area contributed by atoms with Crippen molar-refractivity contribution in [3.8, 4) is 5.75 Å². The van der Waals surface area contributed by atoms with Crippen molar-refractivity contribution in [2.24, 2.45) is 11.3 Å². The maximum atomic E-state index is 6.34. The predicted octanol–water partition coefficient (Wildman–Crippen LogP) is 8.04. The third-order valence-electron chi connectivity index (χ3n) is 5.33. The van der Waals surface area contributed by atoms with E-state index < -0.39 is 0 Å². The van der Waals surface area contributed by atoms with Crippen molar-refractivity contribution in [1.82, 2.24) is 4.98 Å². The Hall–Kier alpha value is 0.120. The summed E-state index contributed by atoms with van der Waals surface area (Å²) >= 11 is 5.65. The molecule has 1 unspecified atom stereocenters. The molecule has 5 heteroatoms. The Labute approximate surface area is 195 Å². The number of ether oxygens (including phenoxy) is 2.